The third-order valence-corrected chi connectivity index (χ3v) is 2.91. The van der Waals surface area contributed by atoms with Crippen molar-refractivity contribution >= 4 is 15.9 Å². The first-order valence-corrected chi connectivity index (χ1v) is 5.73. The highest BCUT2D eigenvalue weighted by Gasteiger charge is 2.06. The minimum Gasteiger partial charge on any atom is -0.484 e. The molecule has 0 amide bonds. The molecule has 0 bridgehead atoms. The van der Waals surface area contributed by atoms with E-state index in [1.807, 2.05) is 30.3 Å². The van der Waals surface area contributed by atoms with Crippen LogP contribution in [0.25, 0.3) is 0 Å². The van der Waals surface area contributed by atoms with Crippen molar-refractivity contribution in [1.82, 2.24) is 0 Å². The highest BCUT2D eigenvalue weighted by atomic mass is 79.9. The molecular weight excluding hydrogens is 270 g/mol. The summed E-state index contributed by atoms with van der Waals surface area (Å²) in [6.07, 6.45) is 1.63. The van der Waals surface area contributed by atoms with E-state index in [9.17, 15) is 0 Å². The van der Waals surface area contributed by atoms with Gasteiger partial charge in [0.25, 0.3) is 0 Å². The molecule has 2 N–H and O–H groups in total. The predicted octanol–water partition coefficient (Wildman–Crippen LogP) is 3.08. The van der Waals surface area contributed by atoms with E-state index in [0.717, 1.165) is 21.5 Å². The fourth-order valence-electron chi connectivity index (χ4n) is 1.38. The second-order valence-electron chi connectivity index (χ2n) is 3.29. The fraction of sp³-hybridized carbons (Fsp3) is 0.167. The highest BCUT2D eigenvalue weighted by Crippen LogP contribution is 2.25. The summed E-state index contributed by atoms with van der Waals surface area (Å²) in [5.41, 5.74) is 6.55. The largest absolute Gasteiger partial charge is 0.484 e. The normalized spacial score (nSPS) is 10.4. The topological polar surface area (TPSA) is 48.4 Å². The van der Waals surface area contributed by atoms with Crippen molar-refractivity contribution < 1.29 is 9.15 Å². The summed E-state index contributed by atoms with van der Waals surface area (Å²) in [5, 5.41) is 0. The summed E-state index contributed by atoms with van der Waals surface area (Å²) < 4.78 is 11.9. The Hall–Kier alpha value is -1.26. The van der Waals surface area contributed by atoms with Gasteiger partial charge in [0.1, 0.15) is 18.1 Å². The number of para-hydroxylation sites is 1. The minimum absolute atomic E-state index is 0.391. The molecule has 0 aliphatic rings. The smallest absolute Gasteiger partial charge is 0.146 e. The van der Waals surface area contributed by atoms with Gasteiger partial charge in [-0.25, -0.2) is 0 Å². The average molecular weight is 282 g/mol. The summed E-state index contributed by atoms with van der Waals surface area (Å²) in [7, 11) is 0. The number of benzene rings is 1. The molecule has 84 valence electrons. The molecule has 0 spiro atoms. The van der Waals surface area contributed by atoms with Crippen molar-refractivity contribution in [1.29, 1.82) is 0 Å². The van der Waals surface area contributed by atoms with Crippen LogP contribution in [0, 0.1) is 0 Å². The molecule has 4 heteroatoms. The van der Waals surface area contributed by atoms with Gasteiger partial charge in [-0.2, -0.15) is 0 Å². The maximum atomic E-state index is 5.63. The summed E-state index contributed by atoms with van der Waals surface area (Å²) in [6.45, 7) is 0.854. The van der Waals surface area contributed by atoms with Gasteiger partial charge >= 0.3 is 0 Å². The van der Waals surface area contributed by atoms with Crippen LogP contribution in [0.15, 0.2) is 45.5 Å². The van der Waals surface area contributed by atoms with E-state index >= 15 is 0 Å². The number of furan rings is 1. The number of hydrogen-bond donors (Lipinski definition) is 1. The molecule has 0 unspecified atom stereocenters. The van der Waals surface area contributed by atoms with Gasteiger partial charge in [-0.05, 0) is 34.1 Å². The zero-order chi connectivity index (χ0) is 11.4. The zero-order valence-corrected chi connectivity index (χ0v) is 10.2. The van der Waals surface area contributed by atoms with Crippen molar-refractivity contribution in [3.63, 3.8) is 0 Å². The molecule has 16 heavy (non-hydrogen) atoms. The van der Waals surface area contributed by atoms with Gasteiger partial charge < -0.3 is 14.9 Å². The number of halogens is 1. The number of ether oxygens (including phenoxy) is 1. The lowest BCUT2D eigenvalue weighted by molar-refractivity contribution is 0.267. The van der Waals surface area contributed by atoms with Crippen molar-refractivity contribution in [3.8, 4) is 5.75 Å². The van der Waals surface area contributed by atoms with Gasteiger partial charge in [0.2, 0.25) is 0 Å². The molecule has 1 aromatic carbocycles. The molecule has 0 atom stereocenters. The predicted molar refractivity (Wildman–Crippen MR) is 65.1 cm³/mol. The Balaban J connectivity index is 2.05. The van der Waals surface area contributed by atoms with Gasteiger partial charge in [0.15, 0.2) is 0 Å². The van der Waals surface area contributed by atoms with Crippen LogP contribution >= 0.6 is 15.9 Å². The Kier molecular flexibility index (Phi) is 3.64. The molecule has 2 rings (SSSR count). The Bertz CT molecular complexity index is 468. The molecule has 0 saturated heterocycles. The van der Waals surface area contributed by atoms with Crippen LogP contribution < -0.4 is 10.5 Å². The van der Waals surface area contributed by atoms with E-state index in [2.05, 4.69) is 15.9 Å². The van der Waals surface area contributed by atoms with E-state index in [-0.39, 0.29) is 0 Å². The van der Waals surface area contributed by atoms with Crippen molar-refractivity contribution in [3.05, 3.63) is 52.4 Å². The maximum Gasteiger partial charge on any atom is 0.146 e. The summed E-state index contributed by atoms with van der Waals surface area (Å²) in [6, 6.07) is 9.55. The summed E-state index contributed by atoms with van der Waals surface area (Å²) in [4.78, 5) is 0. The van der Waals surface area contributed by atoms with Crippen molar-refractivity contribution in [2.75, 3.05) is 0 Å². The van der Waals surface area contributed by atoms with Crippen LogP contribution in [0.4, 0.5) is 0 Å². The van der Waals surface area contributed by atoms with Gasteiger partial charge in [-0.1, -0.05) is 12.1 Å². The Morgan fingerprint density at radius 2 is 2.06 bits per heavy atom. The number of rotatable bonds is 4. The standard InChI is InChI=1S/C12H12BrNO2/c13-10-3-1-2-4-11(10)16-8-12-9(7-14)5-6-15-12/h1-6H,7-8,14H2. The Morgan fingerprint density at radius 3 is 2.81 bits per heavy atom. The molecule has 2 aromatic rings. The second-order valence-corrected chi connectivity index (χ2v) is 4.15. The van der Waals surface area contributed by atoms with Crippen LogP contribution in [-0.2, 0) is 13.2 Å². The first-order chi connectivity index (χ1) is 7.81. The lowest BCUT2D eigenvalue weighted by Gasteiger charge is -2.07. The molecule has 0 radical (unpaired) electrons. The first kappa shape index (κ1) is 11.2. The Labute approximate surface area is 102 Å². The molecule has 0 aliphatic heterocycles. The lowest BCUT2D eigenvalue weighted by atomic mass is 10.2. The molecule has 1 heterocycles. The van der Waals surface area contributed by atoms with Gasteiger partial charge in [0, 0.05) is 12.1 Å². The van der Waals surface area contributed by atoms with Crippen LogP contribution in [0.3, 0.4) is 0 Å². The first-order valence-electron chi connectivity index (χ1n) is 4.94. The molecule has 0 fully saturated rings. The van der Waals surface area contributed by atoms with Crippen molar-refractivity contribution in [2.45, 2.75) is 13.2 Å². The summed E-state index contributed by atoms with van der Waals surface area (Å²) >= 11 is 3.42. The van der Waals surface area contributed by atoms with Crippen molar-refractivity contribution in [2.24, 2.45) is 5.73 Å². The molecule has 0 aliphatic carbocycles. The highest BCUT2D eigenvalue weighted by molar-refractivity contribution is 9.10. The van der Waals surface area contributed by atoms with Crippen LogP contribution in [0.5, 0.6) is 5.75 Å². The van der Waals surface area contributed by atoms with Crippen LogP contribution in [-0.4, -0.2) is 0 Å². The molecule has 0 saturated carbocycles. The van der Waals surface area contributed by atoms with Crippen LogP contribution in [0.1, 0.15) is 11.3 Å². The van der Waals surface area contributed by atoms with E-state index < -0.39 is 0 Å². The van der Waals surface area contributed by atoms with E-state index in [1.54, 1.807) is 6.26 Å². The lowest BCUT2D eigenvalue weighted by Crippen LogP contribution is -2.02. The molecular formula is C12H12BrNO2. The van der Waals surface area contributed by atoms with E-state index in [0.29, 0.717) is 13.2 Å². The second kappa shape index (κ2) is 5.18. The Morgan fingerprint density at radius 1 is 1.25 bits per heavy atom. The van der Waals surface area contributed by atoms with Gasteiger partial charge in [-0.15, -0.1) is 0 Å². The minimum atomic E-state index is 0.391. The number of hydrogen-bond acceptors (Lipinski definition) is 3. The maximum absolute atomic E-state index is 5.63. The van der Waals surface area contributed by atoms with Gasteiger partial charge in [-0.3, -0.25) is 0 Å². The number of nitrogens with two attached hydrogens (primary N) is 1. The average Bonchev–Trinajstić information content (AvgIpc) is 2.75. The quantitative estimate of drug-likeness (QED) is 0.937. The zero-order valence-electron chi connectivity index (χ0n) is 8.65. The molecule has 1 aromatic heterocycles. The van der Waals surface area contributed by atoms with Crippen LogP contribution in [0.2, 0.25) is 0 Å². The van der Waals surface area contributed by atoms with E-state index in [4.69, 9.17) is 14.9 Å². The monoisotopic (exact) mass is 281 g/mol. The third kappa shape index (κ3) is 2.46. The van der Waals surface area contributed by atoms with Gasteiger partial charge in [0.05, 0.1) is 10.7 Å². The molecule has 3 nitrogen and oxygen atoms in total. The van der Waals surface area contributed by atoms with E-state index in [1.165, 1.54) is 0 Å². The SMILES string of the molecule is NCc1ccoc1COc1ccccc1Br. The third-order valence-electron chi connectivity index (χ3n) is 2.25. The fourth-order valence-corrected chi connectivity index (χ4v) is 1.78. The summed E-state index contributed by atoms with van der Waals surface area (Å²) in [5.74, 6) is 1.57.